The monoisotopic (exact) mass is 224 g/mol. The Labute approximate surface area is 91.8 Å². The van der Waals surface area contributed by atoms with Gasteiger partial charge >= 0.3 is 5.97 Å². The predicted octanol–water partition coefficient (Wildman–Crippen LogP) is 0.939. The lowest BCUT2D eigenvalue weighted by Gasteiger charge is -2.08. The molecular formula is C10H12N2O4. The van der Waals surface area contributed by atoms with Gasteiger partial charge in [0, 0.05) is 18.2 Å². The van der Waals surface area contributed by atoms with Crippen molar-refractivity contribution in [3.05, 3.63) is 39.9 Å². The summed E-state index contributed by atoms with van der Waals surface area (Å²) in [6.07, 6.45) is 0.163. The van der Waals surface area contributed by atoms with Gasteiger partial charge in [0.1, 0.15) is 0 Å². The Morgan fingerprint density at radius 3 is 2.81 bits per heavy atom. The van der Waals surface area contributed by atoms with Crippen molar-refractivity contribution < 1.29 is 14.8 Å². The van der Waals surface area contributed by atoms with Gasteiger partial charge in [-0.25, -0.2) is 0 Å². The molecule has 0 saturated heterocycles. The lowest BCUT2D eigenvalue weighted by Crippen LogP contribution is -2.26. The molecule has 0 bridgehead atoms. The number of non-ortho nitro benzene ring substituents is 1. The van der Waals surface area contributed by atoms with Crippen molar-refractivity contribution in [1.82, 2.24) is 0 Å². The maximum absolute atomic E-state index is 10.5. The van der Waals surface area contributed by atoms with E-state index >= 15 is 0 Å². The maximum atomic E-state index is 10.5. The van der Waals surface area contributed by atoms with E-state index in [1.165, 1.54) is 12.1 Å². The smallest absolute Gasteiger partial charge is 0.304 e. The number of nitro benzene ring substituents is 1. The van der Waals surface area contributed by atoms with E-state index in [0.717, 1.165) is 0 Å². The largest absolute Gasteiger partial charge is 0.481 e. The van der Waals surface area contributed by atoms with Gasteiger partial charge in [0.15, 0.2) is 0 Å². The number of hydrogen-bond donors (Lipinski definition) is 2. The molecule has 0 heterocycles. The van der Waals surface area contributed by atoms with E-state index in [0.29, 0.717) is 12.0 Å². The molecule has 1 rings (SSSR count). The first kappa shape index (κ1) is 12.1. The number of nitrogens with two attached hydrogens (primary N) is 1. The number of nitrogens with zero attached hydrogens (tertiary/aromatic N) is 1. The van der Waals surface area contributed by atoms with Gasteiger partial charge < -0.3 is 10.8 Å². The highest BCUT2D eigenvalue weighted by Crippen LogP contribution is 2.14. The summed E-state index contributed by atoms with van der Waals surface area (Å²) in [5, 5.41) is 19.0. The summed E-state index contributed by atoms with van der Waals surface area (Å²) in [7, 11) is 0. The first-order chi connectivity index (χ1) is 7.49. The summed E-state index contributed by atoms with van der Waals surface area (Å²) in [5.41, 5.74) is 6.24. The molecule has 0 spiro atoms. The molecule has 3 N–H and O–H groups in total. The summed E-state index contributed by atoms with van der Waals surface area (Å²) in [6, 6.07) is 5.50. The summed E-state index contributed by atoms with van der Waals surface area (Å²) in [6.45, 7) is 0. The molecule has 0 saturated carbocycles. The Bertz CT molecular complexity index is 406. The van der Waals surface area contributed by atoms with Crippen molar-refractivity contribution in [3.63, 3.8) is 0 Å². The number of benzene rings is 1. The van der Waals surface area contributed by atoms with Crippen molar-refractivity contribution in [2.75, 3.05) is 0 Å². The Hall–Kier alpha value is -1.95. The van der Waals surface area contributed by atoms with E-state index in [1.807, 2.05) is 0 Å². The number of aliphatic carboxylic acids is 1. The van der Waals surface area contributed by atoms with E-state index in [1.54, 1.807) is 12.1 Å². The molecule has 0 fully saturated rings. The third kappa shape index (κ3) is 3.66. The lowest BCUT2D eigenvalue weighted by molar-refractivity contribution is -0.384. The van der Waals surface area contributed by atoms with Crippen LogP contribution in [-0.2, 0) is 11.2 Å². The SMILES string of the molecule is NC(CC(=O)O)Cc1cccc([N+](=O)[O-])c1. The highest BCUT2D eigenvalue weighted by atomic mass is 16.6. The number of rotatable bonds is 5. The van der Waals surface area contributed by atoms with Crippen LogP contribution in [0.25, 0.3) is 0 Å². The molecule has 16 heavy (non-hydrogen) atoms. The molecule has 6 heteroatoms. The fourth-order valence-corrected chi connectivity index (χ4v) is 1.40. The molecule has 6 nitrogen and oxygen atoms in total. The van der Waals surface area contributed by atoms with Crippen LogP contribution in [0.3, 0.4) is 0 Å². The third-order valence-electron chi connectivity index (χ3n) is 2.06. The Balaban J connectivity index is 2.70. The molecule has 0 radical (unpaired) electrons. The summed E-state index contributed by atoms with van der Waals surface area (Å²) >= 11 is 0. The Morgan fingerprint density at radius 1 is 1.56 bits per heavy atom. The molecule has 1 atom stereocenters. The summed E-state index contributed by atoms with van der Waals surface area (Å²) in [4.78, 5) is 20.4. The molecule has 1 unspecified atom stereocenters. The van der Waals surface area contributed by atoms with Gasteiger partial charge in [-0.15, -0.1) is 0 Å². The van der Waals surface area contributed by atoms with Crippen molar-refractivity contribution in [2.45, 2.75) is 18.9 Å². The van der Waals surface area contributed by atoms with Crippen LogP contribution >= 0.6 is 0 Å². The average molecular weight is 224 g/mol. The zero-order chi connectivity index (χ0) is 12.1. The average Bonchev–Trinajstić information content (AvgIpc) is 2.16. The van der Waals surface area contributed by atoms with E-state index in [4.69, 9.17) is 10.8 Å². The zero-order valence-electron chi connectivity index (χ0n) is 8.50. The van der Waals surface area contributed by atoms with Crippen LogP contribution in [0.5, 0.6) is 0 Å². The standard InChI is InChI=1S/C10H12N2O4/c11-8(6-10(13)14)4-7-2-1-3-9(5-7)12(15)16/h1-3,5,8H,4,6,11H2,(H,13,14). The topological polar surface area (TPSA) is 106 Å². The molecule has 0 aliphatic rings. The second kappa shape index (κ2) is 5.22. The van der Waals surface area contributed by atoms with E-state index < -0.39 is 16.9 Å². The van der Waals surface area contributed by atoms with Gasteiger partial charge in [0.2, 0.25) is 0 Å². The Morgan fingerprint density at radius 2 is 2.25 bits per heavy atom. The van der Waals surface area contributed by atoms with Gasteiger partial charge in [-0.05, 0) is 12.0 Å². The minimum absolute atomic E-state index is 0.0139. The van der Waals surface area contributed by atoms with Crippen LogP contribution in [-0.4, -0.2) is 22.0 Å². The number of carboxylic acid groups (broad SMARTS) is 1. The van der Waals surface area contributed by atoms with Gasteiger partial charge in [-0.3, -0.25) is 14.9 Å². The molecule has 0 aliphatic carbocycles. The van der Waals surface area contributed by atoms with Crippen molar-refractivity contribution in [2.24, 2.45) is 5.73 Å². The number of nitro groups is 1. The van der Waals surface area contributed by atoms with Crippen LogP contribution in [0.1, 0.15) is 12.0 Å². The molecule has 86 valence electrons. The van der Waals surface area contributed by atoms with Crippen molar-refractivity contribution in [1.29, 1.82) is 0 Å². The number of carboxylic acids is 1. The summed E-state index contributed by atoms with van der Waals surface area (Å²) in [5.74, 6) is -0.974. The van der Waals surface area contributed by atoms with E-state index in [-0.39, 0.29) is 12.1 Å². The minimum Gasteiger partial charge on any atom is -0.481 e. The van der Waals surface area contributed by atoms with Gasteiger partial charge in [-0.1, -0.05) is 12.1 Å². The molecule has 0 aliphatic heterocycles. The maximum Gasteiger partial charge on any atom is 0.304 e. The Kier molecular flexibility index (Phi) is 3.96. The van der Waals surface area contributed by atoms with Gasteiger partial charge in [0.25, 0.3) is 5.69 Å². The number of carbonyl (C=O) groups is 1. The number of hydrogen-bond acceptors (Lipinski definition) is 4. The van der Waals surface area contributed by atoms with Crippen molar-refractivity contribution >= 4 is 11.7 Å². The fraction of sp³-hybridized carbons (Fsp3) is 0.300. The molecular weight excluding hydrogens is 212 g/mol. The van der Waals surface area contributed by atoms with Crippen LogP contribution in [0, 0.1) is 10.1 Å². The van der Waals surface area contributed by atoms with E-state index in [2.05, 4.69) is 0 Å². The van der Waals surface area contributed by atoms with Gasteiger partial charge in [0.05, 0.1) is 11.3 Å². The zero-order valence-corrected chi connectivity index (χ0v) is 8.50. The molecule has 1 aromatic carbocycles. The third-order valence-corrected chi connectivity index (χ3v) is 2.06. The van der Waals surface area contributed by atoms with E-state index in [9.17, 15) is 14.9 Å². The van der Waals surface area contributed by atoms with Gasteiger partial charge in [-0.2, -0.15) is 0 Å². The molecule has 0 amide bonds. The molecule has 0 aromatic heterocycles. The molecule has 1 aromatic rings. The second-order valence-corrected chi connectivity index (χ2v) is 3.49. The lowest BCUT2D eigenvalue weighted by atomic mass is 10.0. The van der Waals surface area contributed by atoms with Crippen molar-refractivity contribution in [3.8, 4) is 0 Å². The highest BCUT2D eigenvalue weighted by molar-refractivity contribution is 5.67. The van der Waals surface area contributed by atoms with Crippen LogP contribution in [0.4, 0.5) is 5.69 Å². The van der Waals surface area contributed by atoms with Crippen LogP contribution < -0.4 is 5.73 Å². The fourth-order valence-electron chi connectivity index (χ4n) is 1.40. The quantitative estimate of drug-likeness (QED) is 0.571. The first-order valence-electron chi connectivity index (χ1n) is 4.69. The first-order valence-corrected chi connectivity index (χ1v) is 4.69. The predicted molar refractivity (Wildman–Crippen MR) is 57.0 cm³/mol. The van der Waals surface area contributed by atoms with Crippen LogP contribution in [0.2, 0.25) is 0 Å². The summed E-state index contributed by atoms with van der Waals surface area (Å²) < 4.78 is 0. The highest BCUT2D eigenvalue weighted by Gasteiger charge is 2.11. The minimum atomic E-state index is -0.974. The second-order valence-electron chi connectivity index (χ2n) is 3.49. The van der Waals surface area contributed by atoms with Crippen LogP contribution in [0.15, 0.2) is 24.3 Å². The normalized spacial score (nSPS) is 12.1.